The first-order valence-corrected chi connectivity index (χ1v) is 7.56. The average molecular weight is 319 g/mol. The van der Waals surface area contributed by atoms with Crippen molar-refractivity contribution in [2.45, 2.75) is 32.9 Å². The Hall–Kier alpha value is -2.28. The van der Waals surface area contributed by atoms with E-state index in [0.717, 1.165) is 23.9 Å². The minimum Gasteiger partial charge on any atom is -0.356 e. The molecule has 0 saturated heterocycles. The molecule has 2 aromatic heterocycles. The van der Waals surface area contributed by atoms with Crippen LogP contribution in [0.4, 0.5) is 8.78 Å². The van der Waals surface area contributed by atoms with E-state index in [1.807, 2.05) is 6.92 Å². The van der Waals surface area contributed by atoms with Crippen molar-refractivity contribution in [2.24, 2.45) is 0 Å². The molecule has 0 amide bonds. The molecular formula is C16H19F2N5. The Balaban J connectivity index is 1.66. The Morgan fingerprint density at radius 3 is 2.91 bits per heavy atom. The van der Waals surface area contributed by atoms with Gasteiger partial charge in [0.1, 0.15) is 24.3 Å². The van der Waals surface area contributed by atoms with Crippen molar-refractivity contribution >= 4 is 10.9 Å². The molecule has 0 unspecified atom stereocenters. The summed E-state index contributed by atoms with van der Waals surface area (Å²) in [7, 11) is 0. The minimum absolute atomic E-state index is 0.218. The van der Waals surface area contributed by atoms with Gasteiger partial charge in [-0.2, -0.15) is 5.10 Å². The Labute approximate surface area is 132 Å². The van der Waals surface area contributed by atoms with Crippen LogP contribution in [0.15, 0.2) is 24.8 Å². The fourth-order valence-electron chi connectivity index (χ4n) is 2.84. The van der Waals surface area contributed by atoms with E-state index in [4.69, 9.17) is 0 Å². The number of hydrogen-bond acceptors (Lipinski definition) is 3. The first-order chi connectivity index (χ1) is 11.0. The molecule has 0 fully saturated rings. The Kier molecular flexibility index (Phi) is 4.38. The Morgan fingerprint density at radius 2 is 2.17 bits per heavy atom. The molecule has 0 aliphatic carbocycles. The fourth-order valence-corrected chi connectivity index (χ4v) is 2.84. The number of aryl methyl sites for hydroxylation is 1. The van der Waals surface area contributed by atoms with Crippen LogP contribution in [0, 0.1) is 18.6 Å². The summed E-state index contributed by atoms with van der Waals surface area (Å²) in [6.45, 7) is 5.37. The molecule has 1 aromatic carbocycles. The van der Waals surface area contributed by atoms with Crippen LogP contribution in [0.5, 0.6) is 0 Å². The standard InChI is InChI=1S/C16H19F2N5/c1-10(7-23-9-19-8-21-23)20-4-3-13-11(2)22-16-14(13)5-12(17)6-15(16)18/h5-6,8-10,20,22H,3-4,7H2,1-2H3/t10-/m0/s1. The maximum absolute atomic E-state index is 13.8. The number of aromatic amines is 1. The topological polar surface area (TPSA) is 58.5 Å². The molecule has 5 nitrogen and oxygen atoms in total. The first kappa shape index (κ1) is 15.6. The molecule has 23 heavy (non-hydrogen) atoms. The number of benzene rings is 1. The summed E-state index contributed by atoms with van der Waals surface area (Å²) in [4.78, 5) is 6.91. The molecule has 3 rings (SSSR count). The second kappa shape index (κ2) is 6.45. The lowest BCUT2D eigenvalue weighted by Gasteiger charge is -2.13. The normalized spacial score (nSPS) is 12.9. The van der Waals surface area contributed by atoms with Crippen LogP contribution in [0.1, 0.15) is 18.2 Å². The highest BCUT2D eigenvalue weighted by Gasteiger charge is 2.13. The van der Waals surface area contributed by atoms with Crippen molar-refractivity contribution in [2.75, 3.05) is 6.54 Å². The summed E-state index contributed by atoms with van der Waals surface area (Å²) in [5.41, 5.74) is 2.18. The van der Waals surface area contributed by atoms with Crippen molar-refractivity contribution in [3.05, 3.63) is 47.7 Å². The van der Waals surface area contributed by atoms with Gasteiger partial charge in [0, 0.05) is 23.2 Å². The lowest BCUT2D eigenvalue weighted by molar-refractivity contribution is 0.453. The van der Waals surface area contributed by atoms with Gasteiger partial charge in [0.05, 0.1) is 12.1 Å². The van der Waals surface area contributed by atoms with Gasteiger partial charge in [0.25, 0.3) is 0 Å². The number of nitrogens with zero attached hydrogens (tertiary/aromatic N) is 3. The first-order valence-electron chi connectivity index (χ1n) is 7.56. The highest BCUT2D eigenvalue weighted by Crippen LogP contribution is 2.25. The summed E-state index contributed by atoms with van der Waals surface area (Å²) >= 11 is 0. The minimum atomic E-state index is -0.554. The monoisotopic (exact) mass is 319 g/mol. The quantitative estimate of drug-likeness (QED) is 0.734. The fraction of sp³-hybridized carbons (Fsp3) is 0.375. The van der Waals surface area contributed by atoms with Gasteiger partial charge in [0.2, 0.25) is 0 Å². The predicted molar refractivity (Wildman–Crippen MR) is 84.1 cm³/mol. The van der Waals surface area contributed by atoms with Crippen molar-refractivity contribution in [1.82, 2.24) is 25.1 Å². The molecule has 1 atom stereocenters. The van der Waals surface area contributed by atoms with Crippen molar-refractivity contribution in [3.8, 4) is 0 Å². The zero-order valence-corrected chi connectivity index (χ0v) is 13.1. The average Bonchev–Trinajstić information content (AvgIpc) is 3.09. The molecule has 3 aromatic rings. The molecule has 0 spiro atoms. The number of rotatable bonds is 6. The predicted octanol–water partition coefficient (Wildman–Crippen LogP) is 2.57. The van der Waals surface area contributed by atoms with Gasteiger partial charge in [-0.3, -0.25) is 4.68 Å². The van der Waals surface area contributed by atoms with Crippen LogP contribution in [0.25, 0.3) is 10.9 Å². The summed E-state index contributed by atoms with van der Waals surface area (Å²) < 4.78 is 29.0. The maximum Gasteiger partial charge on any atom is 0.150 e. The maximum atomic E-state index is 13.8. The van der Waals surface area contributed by atoms with Crippen LogP contribution in [-0.2, 0) is 13.0 Å². The molecule has 2 heterocycles. The van der Waals surface area contributed by atoms with E-state index in [-0.39, 0.29) is 6.04 Å². The molecule has 0 radical (unpaired) electrons. The van der Waals surface area contributed by atoms with E-state index in [1.54, 1.807) is 11.0 Å². The molecule has 0 bridgehead atoms. The third kappa shape index (κ3) is 3.39. The highest BCUT2D eigenvalue weighted by atomic mass is 19.1. The molecule has 2 N–H and O–H groups in total. The van der Waals surface area contributed by atoms with E-state index < -0.39 is 11.6 Å². The Morgan fingerprint density at radius 1 is 1.35 bits per heavy atom. The molecule has 0 aliphatic rings. The van der Waals surface area contributed by atoms with Gasteiger partial charge in [0.15, 0.2) is 0 Å². The zero-order valence-electron chi connectivity index (χ0n) is 13.1. The van der Waals surface area contributed by atoms with Gasteiger partial charge in [-0.1, -0.05) is 0 Å². The number of hydrogen-bond donors (Lipinski definition) is 2. The molecule has 122 valence electrons. The number of halogens is 2. The molecule has 7 heteroatoms. The summed E-state index contributed by atoms with van der Waals surface area (Å²) in [5.74, 6) is -1.11. The third-order valence-corrected chi connectivity index (χ3v) is 3.94. The van der Waals surface area contributed by atoms with E-state index in [9.17, 15) is 8.78 Å². The lowest BCUT2D eigenvalue weighted by atomic mass is 10.1. The summed E-state index contributed by atoms with van der Waals surface area (Å²) in [6.07, 6.45) is 3.87. The van der Waals surface area contributed by atoms with E-state index in [1.165, 1.54) is 12.4 Å². The summed E-state index contributed by atoms with van der Waals surface area (Å²) in [5, 5.41) is 8.07. The smallest absolute Gasteiger partial charge is 0.150 e. The summed E-state index contributed by atoms with van der Waals surface area (Å²) in [6, 6.07) is 2.51. The number of aromatic nitrogens is 4. The number of nitrogens with one attached hydrogen (secondary N) is 2. The number of fused-ring (bicyclic) bond motifs is 1. The number of H-pyrrole nitrogens is 1. The van der Waals surface area contributed by atoms with Gasteiger partial charge >= 0.3 is 0 Å². The van der Waals surface area contributed by atoms with Gasteiger partial charge < -0.3 is 10.3 Å². The lowest BCUT2D eigenvalue weighted by Crippen LogP contribution is -2.32. The van der Waals surface area contributed by atoms with Crippen LogP contribution in [-0.4, -0.2) is 32.3 Å². The van der Waals surface area contributed by atoms with E-state index >= 15 is 0 Å². The van der Waals surface area contributed by atoms with Crippen molar-refractivity contribution in [1.29, 1.82) is 0 Å². The van der Waals surface area contributed by atoms with Gasteiger partial charge in [-0.15, -0.1) is 0 Å². The van der Waals surface area contributed by atoms with E-state index in [2.05, 4.69) is 27.3 Å². The van der Waals surface area contributed by atoms with Crippen LogP contribution >= 0.6 is 0 Å². The van der Waals surface area contributed by atoms with Crippen molar-refractivity contribution in [3.63, 3.8) is 0 Å². The van der Waals surface area contributed by atoms with Crippen LogP contribution in [0.3, 0.4) is 0 Å². The SMILES string of the molecule is Cc1[nH]c2c(F)cc(F)cc2c1CCN[C@@H](C)Cn1cncn1. The van der Waals surface area contributed by atoms with Crippen LogP contribution in [0.2, 0.25) is 0 Å². The molecular weight excluding hydrogens is 300 g/mol. The van der Waals surface area contributed by atoms with E-state index in [0.29, 0.717) is 23.9 Å². The van der Waals surface area contributed by atoms with Gasteiger partial charge in [-0.25, -0.2) is 13.8 Å². The second-order valence-corrected chi connectivity index (χ2v) is 5.76. The second-order valence-electron chi connectivity index (χ2n) is 5.76. The van der Waals surface area contributed by atoms with Crippen molar-refractivity contribution < 1.29 is 8.78 Å². The molecule has 0 aliphatic heterocycles. The molecule has 0 saturated carbocycles. The zero-order chi connectivity index (χ0) is 16.4. The Bertz CT molecular complexity index is 795. The highest BCUT2D eigenvalue weighted by molar-refractivity contribution is 5.85. The van der Waals surface area contributed by atoms with Crippen LogP contribution < -0.4 is 5.32 Å². The van der Waals surface area contributed by atoms with Gasteiger partial charge in [-0.05, 0) is 38.4 Å². The largest absolute Gasteiger partial charge is 0.356 e. The third-order valence-electron chi connectivity index (χ3n) is 3.94.